The second-order valence-electron chi connectivity index (χ2n) is 3.56. The molecular weight excluding hydrogens is 335 g/mol. The number of hydrogen-bond donors (Lipinski definition) is 1. The topological polar surface area (TPSA) is 32.6 Å². The van der Waals surface area contributed by atoms with E-state index >= 15 is 0 Å². The predicted molar refractivity (Wildman–Crippen MR) is 72.8 cm³/mol. The van der Waals surface area contributed by atoms with Crippen LogP contribution in [-0.2, 0) is 15.7 Å². The van der Waals surface area contributed by atoms with Gasteiger partial charge in [-0.3, -0.25) is 0 Å². The van der Waals surface area contributed by atoms with E-state index in [0.29, 0.717) is 5.56 Å². The molecule has 2 aromatic carbocycles. The molecule has 0 aromatic heterocycles. The van der Waals surface area contributed by atoms with Crippen molar-refractivity contribution in [2.75, 3.05) is 0 Å². The second-order valence-corrected chi connectivity index (χ2v) is 5.35. The average Bonchev–Trinajstić information content (AvgIpc) is 2.40. The summed E-state index contributed by atoms with van der Waals surface area (Å²) in [6, 6.07) is 14.9. The van der Waals surface area contributed by atoms with Crippen molar-refractivity contribution in [3.8, 4) is 5.75 Å². The van der Waals surface area contributed by atoms with Gasteiger partial charge in [-0.2, -0.15) is 0 Å². The molecule has 0 heterocycles. The van der Waals surface area contributed by atoms with E-state index in [4.69, 9.17) is 9.69 Å². The maximum atomic E-state index is 9.65. The SMILES string of the molecule is Oc1ccccc1C=Nc1ccccc1[CH]=[Ru][Cl]. The Bertz CT molecular complexity index is 596. The van der Waals surface area contributed by atoms with E-state index in [-0.39, 0.29) is 21.4 Å². The van der Waals surface area contributed by atoms with Crippen LogP contribution in [0.3, 0.4) is 0 Å². The Balaban J connectivity index is 2.32. The number of rotatable bonds is 3. The van der Waals surface area contributed by atoms with Crippen LogP contribution in [0.2, 0.25) is 0 Å². The summed E-state index contributed by atoms with van der Waals surface area (Å²) < 4.78 is 1.99. The molecule has 2 rings (SSSR count). The molecule has 0 bridgehead atoms. The summed E-state index contributed by atoms with van der Waals surface area (Å²) in [7, 11) is 5.79. The molecule has 0 aliphatic carbocycles. The van der Waals surface area contributed by atoms with E-state index in [1.54, 1.807) is 18.3 Å². The number of para-hydroxylation sites is 2. The Labute approximate surface area is 117 Å². The standard InChI is InChI=1S/C14H11NO.ClH.Ru/c1-11-6-2-4-8-13(11)15-10-12-7-3-5-9-14(12)16;;/h1-10,16H;1H;/q;;+1/p-1. The van der Waals surface area contributed by atoms with E-state index in [0.717, 1.165) is 11.3 Å². The number of phenols is 1. The number of benzene rings is 2. The molecule has 93 valence electrons. The number of halogens is 1. The van der Waals surface area contributed by atoms with Gasteiger partial charge in [0.15, 0.2) is 0 Å². The van der Waals surface area contributed by atoms with E-state index < -0.39 is 0 Å². The third kappa shape index (κ3) is 3.35. The molecule has 0 saturated heterocycles. The number of phenolic OH excluding ortho intramolecular Hbond substituents is 1. The number of aliphatic imine (C=N–C) groups is 1. The molecule has 0 fully saturated rings. The first kappa shape index (κ1) is 13.1. The summed E-state index contributed by atoms with van der Waals surface area (Å²) in [6.45, 7) is 0. The van der Waals surface area contributed by atoms with Gasteiger partial charge in [0.05, 0.1) is 0 Å². The molecule has 0 unspecified atom stereocenters. The number of hydrogen-bond acceptors (Lipinski definition) is 2. The normalized spacial score (nSPS) is 11.8. The van der Waals surface area contributed by atoms with Crippen molar-refractivity contribution < 1.29 is 20.8 Å². The third-order valence-electron chi connectivity index (χ3n) is 2.36. The van der Waals surface area contributed by atoms with Gasteiger partial charge in [0, 0.05) is 0 Å². The molecular formula is C14H11ClNORu. The van der Waals surface area contributed by atoms with Crippen LogP contribution in [0, 0.1) is 0 Å². The van der Waals surface area contributed by atoms with E-state index in [2.05, 4.69) is 4.99 Å². The van der Waals surface area contributed by atoms with Crippen LogP contribution >= 0.6 is 9.69 Å². The zero-order valence-corrected chi connectivity index (χ0v) is 11.9. The van der Waals surface area contributed by atoms with Crippen LogP contribution in [0.25, 0.3) is 0 Å². The minimum absolute atomic E-state index is 0.228. The van der Waals surface area contributed by atoms with Gasteiger partial charge < -0.3 is 0 Å². The van der Waals surface area contributed by atoms with Gasteiger partial charge in [-0.1, -0.05) is 0 Å². The van der Waals surface area contributed by atoms with Crippen LogP contribution in [0.4, 0.5) is 5.69 Å². The fourth-order valence-electron chi connectivity index (χ4n) is 1.47. The first-order chi connectivity index (χ1) is 8.81. The van der Waals surface area contributed by atoms with E-state index in [9.17, 15) is 5.11 Å². The van der Waals surface area contributed by atoms with Crippen molar-refractivity contribution in [1.82, 2.24) is 0 Å². The quantitative estimate of drug-likeness (QED) is 0.670. The zero-order valence-electron chi connectivity index (χ0n) is 9.40. The van der Waals surface area contributed by atoms with Crippen LogP contribution in [0.15, 0.2) is 53.5 Å². The molecule has 0 radical (unpaired) electrons. The Hall–Kier alpha value is -1.31. The summed E-state index contributed by atoms with van der Waals surface area (Å²) in [4.78, 5) is 4.40. The summed E-state index contributed by atoms with van der Waals surface area (Å²) in [5.41, 5.74) is 2.58. The van der Waals surface area contributed by atoms with Crippen molar-refractivity contribution in [2.24, 2.45) is 4.99 Å². The zero-order chi connectivity index (χ0) is 12.8. The molecule has 1 N–H and O–H groups in total. The Morgan fingerprint density at radius 1 is 1.00 bits per heavy atom. The van der Waals surface area contributed by atoms with Gasteiger partial charge >= 0.3 is 117 Å². The summed E-state index contributed by atoms with van der Waals surface area (Å²) in [5.74, 6) is 0.228. The molecule has 0 saturated carbocycles. The molecule has 4 heteroatoms. The molecule has 2 nitrogen and oxygen atoms in total. The van der Waals surface area contributed by atoms with Gasteiger partial charge in [0.2, 0.25) is 0 Å². The van der Waals surface area contributed by atoms with Gasteiger partial charge in [-0.15, -0.1) is 0 Å². The van der Waals surface area contributed by atoms with Crippen LogP contribution in [-0.4, -0.2) is 15.9 Å². The van der Waals surface area contributed by atoms with Crippen molar-refractivity contribution in [1.29, 1.82) is 0 Å². The fourth-order valence-corrected chi connectivity index (χ4v) is 2.59. The molecule has 2 aromatic rings. The molecule has 0 aliphatic heterocycles. The Kier molecular flexibility index (Phi) is 4.80. The van der Waals surface area contributed by atoms with Crippen molar-refractivity contribution in [3.05, 3.63) is 59.7 Å². The van der Waals surface area contributed by atoms with Crippen molar-refractivity contribution in [3.63, 3.8) is 0 Å². The first-order valence-electron chi connectivity index (χ1n) is 5.28. The van der Waals surface area contributed by atoms with Crippen LogP contribution in [0.5, 0.6) is 5.75 Å². The molecule has 0 amide bonds. The molecule has 0 spiro atoms. The predicted octanol–water partition coefficient (Wildman–Crippen LogP) is 3.53. The molecule has 0 atom stereocenters. The first-order valence-corrected chi connectivity index (χ1v) is 8.52. The molecule has 0 aliphatic rings. The fraction of sp³-hybridized carbons (Fsp3) is 0. The second kappa shape index (κ2) is 6.58. The van der Waals surface area contributed by atoms with E-state index in [1.807, 2.05) is 41.0 Å². The summed E-state index contributed by atoms with van der Waals surface area (Å²) >= 11 is -0.276. The van der Waals surface area contributed by atoms with Gasteiger partial charge in [-0.25, -0.2) is 0 Å². The summed E-state index contributed by atoms with van der Waals surface area (Å²) in [5, 5.41) is 9.65. The molecule has 18 heavy (non-hydrogen) atoms. The minimum atomic E-state index is -0.276. The van der Waals surface area contributed by atoms with Crippen LogP contribution in [0.1, 0.15) is 11.1 Å². The number of aromatic hydroxyl groups is 1. The van der Waals surface area contributed by atoms with Crippen molar-refractivity contribution in [2.45, 2.75) is 0 Å². The Morgan fingerprint density at radius 3 is 2.39 bits per heavy atom. The van der Waals surface area contributed by atoms with Gasteiger partial charge in [0.1, 0.15) is 0 Å². The van der Waals surface area contributed by atoms with Gasteiger partial charge in [0.25, 0.3) is 0 Å². The third-order valence-corrected chi connectivity index (χ3v) is 3.55. The summed E-state index contributed by atoms with van der Waals surface area (Å²) in [6.07, 6.45) is 1.66. The maximum absolute atomic E-state index is 9.65. The Morgan fingerprint density at radius 2 is 1.67 bits per heavy atom. The van der Waals surface area contributed by atoms with Crippen molar-refractivity contribution >= 4 is 26.2 Å². The monoisotopic (exact) mass is 346 g/mol. The average molecular weight is 346 g/mol. The van der Waals surface area contributed by atoms with Gasteiger partial charge in [-0.05, 0) is 0 Å². The van der Waals surface area contributed by atoms with E-state index in [1.165, 1.54) is 0 Å². The van der Waals surface area contributed by atoms with Crippen LogP contribution < -0.4 is 0 Å². The number of nitrogens with zero attached hydrogens (tertiary/aromatic N) is 1.